The van der Waals surface area contributed by atoms with E-state index in [1.165, 1.54) is 12.3 Å². The molecule has 0 fully saturated rings. The first-order valence-electron chi connectivity index (χ1n) is 4.92. The van der Waals surface area contributed by atoms with E-state index >= 15 is 0 Å². The minimum Gasteiger partial charge on any atom is -0.478 e. The van der Waals surface area contributed by atoms with Gasteiger partial charge in [0.15, 0.2) is 0 Å². The molecule has 0 aromatic carbocycles. The molecule has 2 unspecified atom stereocenters. The fourth-order valence-electron chi connectivity index (χ4n) is 1.33. The highest BCUT2D eigenvalue weighted by Gasteiger charge is 2.20. The normalized spacial score (nSPS) is 14.4. The second kappa shape index (κ2) is 5.92. The van der Waals surface area contributed by atoms with E-state index in [4.69, 9.17) is 22.4 Å². The molecule has 6 nitrogen and oxygen atoms in total. The summed E-state index contributed by atoms with van der Waals surface area (Å²) in [7, 11) is 0. The average Bonchev–Trinajstić information content (AvgIpc) is 2.28. The number of aromatic carboxylic acids is 1. The molecule has 1 aromatic heterocycles. The Morgan fingerprint density at radius 1 is 1.53 bits per heavy atom. The Morgan fingerprint density at radius 2 is 2.18 bits per heavy atom. The molecule has 1 rings (SSSR count). The van der Waals surface area contributed by atoms with Crippen molar-refractivity contribution >= 4 is 17.6 Å². The monoisotopic (exact) mass is 260 g/mol. The third-order valence-electron chi connectivity index (χ3n) is 2.26. The highest BCUT2D eigenvalue weighted by molar-refractivity contribution is 6.32. The zero-order valence-electron chi connectivity index (χ0n) is 8.88. The van der Waals surface area contributed by atoms with Crippen LogP contribution in [0.3, 0.4) is 0 Å². The highest BCUT2D eigenvalue weighted by atomic mass is 35.5. The van der Waals surface area contributed by atoms with E-state index in [0.29, 0.717) is 0 Å². The van der Waals surface area contributed by atoms with Crippen LogP contribution in [-0.2, 0) is 0 Å². The number of halogens is 1. The zero-order valence-corrected chi connectivity index (χ0v) is 9.63. The summed E-state index contributed by atoms with van der Waals surface area (Å²) in [4.78, 5) is 14.4. The summed E-state index contributed by atoms with van der Waals surface area (Å²) in [5.74, 6) is -1.25. The first kappa shape index (κ1) is 13.9. The standard InChI is InChI=1S/C10H13ClN2O4/c11-9-6(10(16)17)3-5(4-13-9)8(15)7(14)1-2-12/h3-4,7-8,14-15H,1-2,12H2,(H,16,17). The molecule has 5 N–H and O–H groups in total. The maximum atomic E-state index is 10.8. The van der Waals surface area contributed by atoms with Gasteiger partial charge in [0, 0.05) is 11.8 Å². The summed E-state index contributed by atoms with van der Waals surface area (Å²) in [5, 5.41) is 27.9. The lowest BCUT2D eigenvalue weighted by Crippen LogP contribution is -2.22. The third-order valence-corrected chi connectivity index (χ3v) is 2.56. The lowest BCUT2D eigenvalue weighted by Gasteiger charge is -2.17. The second-order valence-electron chi connectivity index (χ2n) is 3.50. The molecule has 1 aromatic rings. The Morgan fingerprint density at radius 3 is 2.71 bits per heavy atom. The Kier molecular flexibility index (Phi) is 4.83. The smallest absolute Gasteiger partial charge is 0.338 e. The quantitative estimate of drug-likeness (QED) is 0.561. The fourth-order valence-corrected chi connectivity index (χ4v) is 1.51. The van der Waals surface area contributed by atoms with Crippen molar-refractivity contribution < 1.29 is 20.1 Å². The summed E-state index contributed by atoms with van der Waals surface area (Å²) in [6, 6.07) is 1.18. The third kappa shape index (κ3) is 3.37. The first-order valence-corrected chi connectivity index (χ1v) is 5.30. The van der Waals surface area contributed by atoms with Gasteiger partial charge in [-0.25, -0.2) is 9.78 Å². The number of rotatable bonds is 5. The molecular formula is C10H13ClN2O4. The lowest BCUT2D eigenvalue weighted by atomic mass is 10.0. The maximum absolute atomic E-state index is 10.8. The summed E-state index contributed by atoms with van der Waals surface area (Å²) in [6.45, 7) is 0.213. The SMILES string of the molecule is NCCC(O)C(O)c1cnc(Cl)c(C(=O)O)c1. The van der Waals surface area contributed by atoms with E-state index in [1.807, 2.05) is 0 Å². The Labute approximate surface area is 103 Å². The van der Waals surface area contributed by atoms with Crippen LogP contribution in [0.15, 0.2) is 12.3 Å². The lowest BCUT2D eigenvalue weighted by molar-refractivity contribution is 0.0147. The topological polar surface area (TPSA) is 117 Å². The number of aliphatic hydroxyl groups excluding tert-OH is 2. The molecule has 17 heavy (non-hydrogen) atoms. The molecule has 1 heterocycles. The number of carboxylic acids is 1. The first-order chi connectivity index (χ1) is 7.97. The van der Waals surface area contributed by atoms with Crippen molar-refractivity contribution in [3.8, 4) is 0 Å². The predicted octanol–water partition coefficient (Wildman–Crippen LogP) is 0.176. The van der Waals surface area contributed by atoms with Gasteiger partial charge in [0.05, 0.1) is 11.7 Å². The molecule has 0 aliphatic heterocycles. The summed E-state index contributed by atoms with van der Waals surface area (Å²) in [6.07, 6.45) is -0.878. The van der Waals surface area contributed by atoms with Crippen molar-refractivity contribution in [3.63, 3.8) is 0 Å². The van der Waals surface area contributed by atoms with Crippen LogP contribution in [0.2, 0.25) is 5.15 Å². The number of pyridine rings is 1. The largest absolute Gasteiger partial charge is 0.478 e. The molecule has 94 valence electrons. The molecule has 0 aliphatic rings. The number of hydrogen-bond donors (Lipinski definition) is 4. The molecule has 0 spiro atoms. The van der Waals surface area contributed by atoms with Gasteiger partial charge in [-0.15, -0.1) is 0 Å². The number of aromatic nitrogens is 1. The molecule has 7 heteroatoms. The van der Waals surface area contributed by atoms with Crippen molar-refractivity contribution in [2.24, 2.45) is 5.73 Å². The minimum atomic E-state index is -1.25. The molecule has 2 atom stereocenters. The summed E-state index contributed by atoms with van der Waals surface area (Å²) < 4.78 is 0. The molecular weight excluding hydrogens is 248 g/mol. The van der Waals surface area contributed by atoms with Gasteiger partial charge in [-0.2, -0.15) is 0 Å². The molecule has 0 saturated heterocycles. The van der Waals surface area contributed by atoms with Crippen LogP contribution >= 0.6 is 11.6 Å². The minimum absolute atomic E-state index is 0.165. The predicted molar refractivity (Wildman–Crippen MR) is 60.8 cm³/mol. The zero-order chi connectivity index (χ0) is 13.0. The maximum Gasteiger partial charge on any atom is 0.338 e. The van der Waals surface area contributed by atoms with Crippen molar-refractivity contribution in [1.29, 1.82) is 0 Å². The van der Waals surface area contributed by atoms with Crippen molar-refractivity contribution in [2.45, 2.75) is 18.6 Å². The Balaban J connectivity index is 2.99. The van der Waals surface area contributed by atoms with Crippen molar-refractivity contribution in [3.05, 3.63) is 28.5 Å². The van der Waals surface area contributed by atoms with Crippen LogP contribution in [0.1, 0.15) is 28.4 Å². The summed E-state index contributed by atoms with van der Waals surface area (Å²) >= 11 is 5.58. The van der Waals surface area contributed by atoms with Crippen LogP contribution in [0.4, 0.5) is 0 Å². The van der Waals surface area contributed by atoms with E-state index in [9.17, 15) is 15.0 Å². The van der Waals surface area contributed by atoms with E-state index in [2.05, 4.69) is 4.98 Å². The number of nitrogens with zero attached hydrogens (tertiary/aromatic N) is 1. The molecule has 0 amide bonds. The van der Waals surface area contributed by atoms with E-state index in [-0.39, 0.29) is 29.2 Å². The van der Waals surface area contributed by atoms with Gasteiger partial charge in [-0.3, -0.25) is 0 Å². The molecule has 0 saturated carbocycles. The van der Waals surface area contributed by atoms with Crippen LogP contribution in [0, 0.1) is 0 Å². The van der Waals surface area contributed by atoms with Crippen LogP contribution in [-0.4, -0.2) is 38.9 Å². The van der Waals surface area contributed by atoms with Gasteiger partial charge in [0.25, 0.3) is 0 Å². The number of aliphatic hydroxyl groups is 2. The van der Waals surface area contributed by atoms with Crippen LogP contribution in [0.25, 0.3) is 0 Å². The van der Waals surface area contributed by atoms with Crippen LogP contribution in [0.5, 0.6) is 0 Å². The second-order valence-corrected chi connectivity index (χ2v) is 3.86. The van der Waals surface area contributed by atoms with Gasteiger partial charge < -0.3 is 21.1 Å². The fraction of sp³-hybridized carbons (Fsp3) is 0.400. The molecule has 0 radical (unpaired) electrons. The average molecular weight is 261 g/mol. The van der Waals surface area contributed by atoms with Gasteiger partial charge in [-0.1, -0.05) is 11.6 Å². The van der Waals surface area contributed by atoms with Gasteiger partial charge in [0.2, 0.25) is 0 Å². The number of hydrogen-bond acceptors (Lipinski definition) is 5. The molecule has 0 aliphatic carbocycles. The summed E-state index contributed by atoms with van der Waals surface area (Å²) in [5.41, 5.74) is 5.21. The van der Waals surface area contributed by atoms with Gasteiger partial charge >= 0.3 is 5.97 Å². The van der Waals surface area contributed by atoms with Gasteiger partial charge in [0.1, 0.15) is 11.3 Å². The highest BCUT2D eigenvalue weighted by Crippen LogP contribution is 2.22. The van der Waals surface area contributed by atoms with Crippen LogP contribution < -0.4 is 5.73 Å². The Hall–Kier alpha value is -1.21. The molecule has 0 bridgehead atoms. The van der Waals surface area contributed by atoms with Gasteiger partial charge in [-0.05, 0) is 19.0 Å². The van der Waals surface area contributed by atoms with E-state index in [0.717, 1.165) is 0 Å². The number of carboxylic acid groups (broad SMARTS) is 1. The Bertz CT molecular complexity index is 413. The number of carbonyl (C=O) groups is 1. The van der Waals surface area contributed by atoms with E-state index in [1.54, 1.807) is 0 Å². The van der Waals surface area contributed by atoms with E-state index < -0.39 is 18.2 Å². The van der Waals surface area contributed by atoms with Crippen molar-refractivity contribution in [2.75, 3.05) is 6.54 Å². The number of nitrogens with two attached hydrogens (primary N) is 1. The van der Waals surface area contributed by atoms with Crippen molar-refractivity contribution in [1.82, 2.24) is 4.98 Å².